The average molecular weight is 384 g/mol. The number of fused-ring (bicyclic) bond motifs is 1. The second-order valence-corrected chi connectivity index (χ2v) is 8.18. The molecule has 9 heteroatoms. The van der Waals surface area contributed by atoms with Crippen LogP contribution in [0.5, 0.6) is 0 Å². The van der Waals surface area contributed by atoms with E-state index >= 15 is 0 Å². The third kappa shape index (κ3) is 3.04. The van der Waals surface area contributed by atoms with Crippen LogP contribution in [0, 0.1) is 5.82 Å². The molecule has 0 saturated carbocycles. The minimum atomic E-state index is -0.838. The largest absolute Gasteiger partial charge is 0.496 e. The molecule has 3 aromatic rings. The molecule has 28 heavy (non-hydrogen) atoms. The number of hydrogen-bond acceptors (Lipinski definition) is 5. The van der Waals surface area contributed by atoms with E-state index in [1.807, 2.05) is 45.9 Å². The highest BCUT2D eigenvalue weighted by Gasteiger charge is 2.52. The maximum Gasteiger partial charge on any atom is 0.496 e. The molecule has 0 amide bonds. The van der Waals surface area contributed by atoms with Gasteiger partial charge in [0.25, 0.3) is 5.56 Å². The Kier molecular flexibility index (Phi) is 4.20. The molecule has 146 valence electrons. The zero-order valence-electron chi connectivity index (χ0n) is 16.6. The molecule has 0 N–H and O–H groups in total. The maximum atomic E-state index is 14.4. The Hall–Kier alpha value is -2.52. The van der Waals surface area contributed by atoms with Crippen molar-refractivity contribution in [3.05, 3.63) is 52.2 Å². The number of halogens is 1. The van der Waals surface area contributed by atoms with Crippen molar-refractivity contribution in [3.63, 3.8) is 0 Å². The predicted octanol–water partition coefficient (Wildman–Crippen LogP) is 1.62. The Labute approximate surface area is 162 Å². The lowest BCUT2D eigenvalue weighted by molar-refractivity contribution is 0.00578. The summed E-state index contributed by atoms with van der Waals surface area (Å²) in [5, 5.41) is 8.02. The number of benzene rings is 1. The van der Waals surface area contributed by atoms with Crippen molar-refractivity contribution in [2.75, 3.05) is 0 Å². The summed E-state index contributed by atoms with van der Waals surface area (Å²) < 4.78 is 29.3. The standard InChI is InChI=1S/C19H22BFN4O3/c1-18(2)19(3,4)28-20(27-18)13-9-14(21)17(26)25(11-13)10-12-6-7-15-16(8-12)24(5)23-22-15/h6-9,11H,10H2,1-5H3. The summed E-state index contributed by atoms with van der Waals surface area (Å²) in [4.78, 5) is 12.4. The predicted molar refractivity (Wildman–Crippen MR) is 104 cm³/mol. The molecule has 0 radical (unpaired) electrons. The molecular formula is C19H22BFN4O3. The molecule has 0 aliphatic carbocycles. The van der Waals surface area contributed by atoms with Crippen molar-refractivity contribution >= 4 is 23.6 Å². The van der Waals surface area contributed by atoms with Crippen LogP contribution >= 0.6 is 0 Å². The first-order valence-electron chi connectivity index (χ1n) is 9.11. The maximum absolute atomic E-state index is 14.4. The molecular weight excluding hydrogens is 362 g/mol. The van der Waals surface area contributed by atoms with E-state index in [9.17, 15) is 9.18 Å². The number of aromatic nitrogens is 4. The normalized spacial score (nSPS) is 18.1. The number of rotatable bonds is 3. The van der Waals surface area contributed by atoms with Gasteiger partial charge >= 0.3 is 7.12 Å². The van der Waals surface area contributed by atoms with Gasteiger partial charge in [0, 0.05) is 18.7 Å². The molecule has 0 spiro atoms. The van der Waals surface area contributed by atoms with Crippen molar-refractivity contribution in [1.29, 1.82) is 0 Å². The first-order valence-corrected chi connectivity index (χ1v) is 9.11. The fourth-order valence-electron chi connectivity index (χ4n) is 3.22. The fraction of sp³-hybridized carbons (Fsp3) is 0.421. The minimum absolute atomic E-state index is 0.213. The zero-order valence-corrected chi connectivity index (χ0v) is 16.6. The molecule has 4 rings (SSSR count). The van der Waals surface area contributed by atoms with Crippen LogP contribution in [-0.4, -0.2) is 37.9 Å². The summed E-state index contributed by atoms with van der Waals surface area (Å²) in [6, 6.07) is 6.76. The lowest BCUT2D eigenvalue weighted by Gasteiger charge is -2.32. The summed E-state index contributed by atoms with van der Waals surface area (Å²) in [7, 11) is 1.05. The van der Waals surface area contributed by atoms with Crippen LogP contribution in [0.3, 0.4) is 0 Å². The molecule has 0 atom stereocenters. The fourth-order valence-corrected chi connectivity index (χ4v) is 3.22. The molecule has 1 saturated heterocycles. The van der Waals surface area contributed by atoms with Gasteiger partial charge in [-0.15, -0.1) is 5.10 Å². The minimum Gasteiger partial charge on any atom is -0.399 e. The van der Waals surface area contributed by atoms with Crippen LogP contribution < -0.4 is 11.0 Å². The van der Waals surface area contributed by atoms with Crippen molar-refractivity contribution in [1.82, 2.24) is 19.6 Å². The van der Waals surface area contributed by atoms with Crippen molar-refractivity contribution in [3.8, 4) is 0 Å². The summed E-state index contributed by atoms with van der Waals surface area (Å²) in [6.45, 7) is 7.92. The van der Waals surface area contributed by atoms with Crippen molar-refractivity contribution in [2.24, 2.45) is 7.05 Å². The molecule has 0 bridgehead atoms. The van der Waals surface area contributed by atoms with Gasteiger partial charge in [0.1, 0.15) is 5.52 Å². The first kappa shape index (κ1) is 18.8. The Morgan fingerprint density at radius 3 is 2.50 bits per heavy atom. The third-order valence-corrected chi connectivity index (χ3v) is 5.62. The molecule has 3 heterocycles. The van der Waals surface area contributed by atoms with E-state index in [1.165, 1.54) is 10.6 Å². The molecule has 7 nitrogen and oxygen atoms in total. The molecule has 0 unspecified atom stereocenters. The lowest BCUT2D eigenvalue weighted by Crippen LogP contribution is -2.41. The van der Waals surface area contributed by atoms with Crippen LogP contribution in [0.4, 0.5) is 4.39 Å². The van der Waals surface area contributed by atoms with Crippen molar-refractivity contribution < 1.29 is 13.7 Å². The molecule has 1 aliphatic rings. The number of aryl methyl sites for hydroxylation is 1. The third-order valence-electron chi connectivity index (χ3n) is 5.62. The molecule has 2 aromatic heterocycles. The smallest absolute Gasteiger partial charge is 0.399 e. The SMILES string of the molecule is Cn1nnc2ccc(Cn3cc(B4OC(C)(C)C(C)(C)O4)cc(F)c3=O)cc21. The van der Waals surface area contributed by atoms with E-state index < -0.39 is 29.7 Å². The van der Waals surface area contributed by atoms with Crippen LogP contribution in [0.1, 0.15) is 33.3 Å². The van der Waals surface area contributed by atoms with E-state index in [2.05, 4.69) is 10.3 Å². The van der Waals surface area contributed by atoms with Gasteiger partial charge in [0.15, 0.2) is 5.82 Å². The summed E-state index contributed by atoms with van der Waals surface area (Å²) >= 11 is 0. The van der Waals surface area contributed by atoms with E-state index in [1.54, 1.807) is 17.9 Å². The van der Waals surface area contributed by atoms with Crippen molar-refractivity contribution in [2.45, 2.75) is 45.4 Å². The zero-order chi connectivity index (χ0) is 20.3. The molecule has 1 aliphatic heterocycles. The molecule has 1 fully saturated rings. The van der Waals surface area contributed by atoms with Gasteiger partial charge < -0.3 is 13.9 Å². The van der Waals surface area contributed by atoms with Crippen LogP contribution in [0.2, 0.25) is 0 Å². The van der Waals surface area contributed by atoms with Gasteiger partial charge in [0.2, 0.25) is 0 Å². The van der Waals surface area contributed by atoms with Gasteiger partial charge in [-0.1, -0.05) is 11.3 Å². The Morgan fingerprint density at radius 2 is 1.82 bits per heavy atom. The van der Waals surface area contributed by atoms with E-state index in [0.717, 1.165) is 16.6 Å². The average Bonchev–Trinajstić information content (AvgIpc) is 3.08. The topological polar surface area (TPSA) is 71.2 Å². The monoisotopic (exact) mass is 384 g/mol. The second-order valence-electron chi connectivity index (χ2n) is 8.18. The van der Waals surface area contributed by atoms with Crippen LogP contribution in [-0.2, 0) is 22.9 Å². The quantitative estimate of drug-likeness (QED) is 0.642. The first-order chi connectivity index (χ1) is 13.1. The van der Waals surface area contributed by atoms with Gasteiger partial charge in [-0.3, -0.25) is 4.79 Å². The Balaban J connectivity index is 1.69. The molecule has 1 aromatic carbocycles. The van der Waals surface area contributed by atoms with E-state index in [4.69, 9.17) is 9.31 Å². The summed E-state index contributed by atoms with van der Waals surface area (Å²) in [5.74, 6) is -0.838. The Morgan fingerprint density at radius 1 is 1.14 bits per heavy atom. The van der Waals surface area contributed by atoms with Gasteiger partial charge in [-0.05, 0) is 51.5 Å². The van der Waals surface area contributed by atoms with Gasteiger partial charge in [0.05, 0.1) is 23.3 Å². The van der Waals surface area contributed by atoms with Crippen LogP contribution in [0.25, 0.3) is 11.0 Å². The lowest BCUT2D eigenvalue weighted by atomic mass is 9.80. The van der Waals surface area contributed by atoms with Gasteiger partial charge in [-0.2, -0.15) is 0 Å². The summed E-state index contributed by atoms with van der Waals surface area (Å²) in [5.41, 5.74) is 1.12. The highest BCUT2D eigenvalue weighted by Crippen LogP contribution is 2.36. The van der Waals surface area contributed by atoms with Gasteiger partial charge in [-0.25, -0.2) is 9.07 Å². The summed E-state index contributed by atoms with van der Waals surface area (Å²) in [6.07, 6.45) is 1.60. The number of pyridine rings is 1. The highest BCUT2D eigenvalue weighted by atomic mass is 19.1. The van der Waals surface area contributed by atoms with E-state index in [0.29, 0.717) is 5.46 Å². The van der Waals surface area contributed by atoms with Crippen LogP contribution in [0.15, 0.2) is 35.3 Å². The second kappa shape index (κ2) is 6.25. The number of nitrogens with zero attached hydrogens (tertiary/aromatic N) is 4. The number of hydrogen-bond donors (Lipinski definition) is 0. The van der Waals surface area contributed by atoms with E-state index in [-0.39, 0.29) is 6.54 Å². The Bertz CT molecular complexity index is 1110. The highest BCUT2D eigenvalue weighted by molar-refractivity contribution is 6.62.